The fraction of sp³-hybridized carbons (Fsp3) is 0.667. The molecular weight excluding hydrogens is 202 g/mol. The second-order valence-corrected chi connectivity index (χ2v) is 4.87. The Labute approximate surface area is 96.1 Å². The van der Waals surface area contributed by atoms with Gasteiger partial charge < -0.3 is 10.4 Å². The molecule has 0 radical (unpaired) electrons. The molecule has 2 rings (SSSR count). The number of aromatic nitrogens is 2. The number of aliphatic hydroxyl groups excluding tert-OH is 1. The number of rotatable bonds is 4. The van der Waals surface area contributed by atoms with Crippen LogP contribution in [0, 0.1) is 0 Å². The summed E-state index contributed by atoms with van der Waals surface area (Å²) in [4.78, 5) is 8.68. The molecule has 1 aliphatic carbocycles. The van der Waals surface area contributed by atoms with E-state index in [0.717, 1.165) is 24.5 Å². The summed E-state index contributed by atoms with van der Waals surface area (Å²) < 4.78 is 0. The van der Waals surface area contributed by atoms with Gasteiger partial charge in [0.15, 0.2) is 0 Å². The predicted octanol–water partition coefficient (Wildman–Crippen LogP) is 1.93. The number of hydrogen-bond acceptors (Lipinski definition) is 4. The van der Waals surface area contributed by atoms with Crippen LogP contribution >= 0.6 is 0 Å². The van der Waals surface area contributed by atoms with Gasteiger partial charge in [-0.15, -0.1) is 0 Å². The molecule has 2 N–H and O–H groups in total. The number of aliphatic hydroxyl groups is 1. The van der Waals surface area contributed by atoms with E-state index in [0.29, 0.717) is 5.92 Å². The largest absolute Gasteiger partial charge is 0.394 e. The van der Waals surface area contributed by atoms with Crippen LogP contribution in [0.1, 0.15) is 44.9 Å². The SMILES string of the molecule is CC(C)c1nccc(NC2(CO)CCC2)n1. The van der Waals surface area contributed by atoms with Gasteiger partial charge in [0.1, 0.15) is 11.6 Å². The van der Waals surface area contributed by atoms with E-state index in [4.69, 9.17) is 0 Å². The Hall–Kier alpha value is -1.16. The lowest BCUT2D eigenvalue weighted by atomic mass is 9.77. The molecule has 1 heterocycles. The lowest BCUT2D eigenvalue weighted by molar-refractivity contribution is 0.144. The van der Waals surface area contributed by atoms with Crippen molar-refractivity contribution in [2.24, 2.45) is 0 Å². The maximum atomic E-state index is 9.37. The van der Waals surface area contributed by atoms with Crippen LogP contribution in [-0.4, -0.2) is 27.2 Å². The zero-order valence-electron chi connectivity index (χ0n) is 9.90. The number of hydrogen-bond donors (Lipinski definition) is 2. The quantitative estimate of drug-likeness (QED) is 0.815. The molecule has 88 valence electrons. The van der Waals surface area contributed by atoms with Crippen LogP contribution in [0.5, 0.6) is 0 Å². The lowest BCUT2D eigenvalue weighted by Gasteiger charge is -2.41. The molecule has 4 nitrogen and oxygen atoms in total. The van der Waals surface area contributed by atoms with Gasteiger partial charge in [-0.2, -0.15) is 0 Å². The normalized spacial score (nSPS) is 18.2. The Morgan fingerprint density at radius 2 is 2.25 bits per heavy atom. The third-order valence-corrected chi connectivity index (χ3v) is 3.20. The van der Waals surface area contributed by atoms with Crippen LogP contribution in [0.15, 0.2) is 12.3 Å². The van der Waals surface area contributed by atoms with E-state index in [1.54, 1.807) is 6.20 Å². The van der Waals surface area contributed by atoms with Crippen LogP contribution in [0.25, 0.3) is 0 Å². The highest BCUT2D eigenvalue weighted by Gasteiger charge is 2.36. The summed E-state index contributed by atoms with van der Waals surface area (Å²) >= 11 is 0. The summed E-state index contributed by atoms with van der Waals surface area (Å²) in [5.74, 6) is 2.00. The summed E-state index contributed by atoms with van der Waals surface area (Å²) in [6.07, 6.45) is 4.99. The van der Waals surface area contributed by atoms with E-state index < -0.39 is 0 Å². The van der Waals surface area contributed by atoms with Gasteiger partial charge in [-0.25, -0.2) is 9.97 Å². The van der Waals surface area contributed by atoms with E-state index in [-0.39, 0.29) is 12.1 Å². The van der Waals surface area contributed by atoms with Crippen LogP contribution in [0.2, 0.25) is 0 Å². The Morgan fingerprint density at radius 3 is 2.75 bits per heavy atom. The van der Waals surface area contributed by atoms with Crippen molar-refractivity contribution in [2.45, 2.75) is 44.6 Å². The highest BCUT2D eigenvalue weighted by Crippen LogP contribution is 2.34. The third-order valence-electron chi connectivity index (χ3n) is 3.20. The first-order valence-corrected chi connectivity index (χ1v) is 5.87. The third kappa shape index (κ3) is 2.16. The standard InChI is InChI=1S/C12H19N3O/c1-9(2)11-13-7-4-10(14-11)15-12(8-16)5-3-6-12/h4,7,9,16H,3,5-6,8H2,1-2H3,(H,13,14,15). The molecule has 0 saturated heterocycles. The molecule has 0 bridgehead atoms. The van der Waals surface area contributed by atoms with E-state index in [1.165, 1.54) is 6.42 Å². The van der Waals surface area contributed by atoms with Crippen molar-refractivity contribution in [1.29, 1.82) is 0 Å². The average molecular weight is 221 g/mol. The van der Waals surface area contributed by atoms with Gasteiger partial charge in [0.25, 0.3) is 0 Å². The molecule has 0 aromatic carbocycles. The predicted molar refractivity (Wildman–Crippen MR) is 63.4 cm³/mol. The van der Waals surface area contributed by atoms with E-state index in [9.17, 15) is 5.11 Å². The molecule has 0 amide bonds. The van der Waals surface area contributed by atoms with Crippen LogP contribution in [0.4, 0.5) is 5.82 Å². The zero-order chi connectivity index (χ0) is 11.6. The summed E-state index contributed by atoms with van der Waals surface area (Å²) in [5, 5.41) is 12.7. The highest BCUT2D eigenvalue weighted by atomic mass is 16.3. The minimum absolute atomic E-state index is 0.136. The van der Waals surface area contributed by atoms with Crippen molar-refractivity contribution < 1.29 is 5.11 Å². The first-order valence-electron chi connectivity index (χ1n) is 5.87. The van der Waals surface area contributed by atoms with Gasteiger partial charge in [-0.1, -0.05) is 13.8 Å². The van der Waals surface area contributed by atoms with Crippen molar-refractivity contribution in [1.82, 2.24) is 9.97 Å². The number of nitrogens with one attached hydrogen (secondary N) is 1. The first-order chi connectivity index (χ1) is 7.65. The average Bonchev–Trinajstić information content (AvgIpc) is 2.24. The summed E-state index contributed by atoms with van der Waals surface area (Å²) in [5.41, 5.74) is -0.136. The molecule has 1 aliphatic rings. The summed E-state index contributed by atoms with van der Waals surface area (Å²) in [6.45, 7) is 4.32. The van der Waals surface area contributed by atoms with Gasteiger partial charge in [-0.05, 0) is 25.3 Å². The molecule has 1 saturated carbocycles. The molecule has 0 aliphatic heterocycles. The van der Waals surface area contributed by atoms with Gasteiger partial charge in [0.05, 0.1) is 12.1 Å². The molecule has 0 unspecified atom stereocenters. The molecule has 0 spiro atoms. The molecule has 1 aromatic heterocycles. The summed E-state index contributed by atoms with van der Waals surface area (Å²) in [6, 6.07) is 1.86. The second kappa shape index (κ2) is 4.37. The fourth-order valence-electron chi connectivity index (χ4n) is 1.92. The topological polar surface area (TPSA) is 58.0 Å². The Bertz CT molecular complexity index is 356. The lowest BCUT2D eigenvalue weighted by Crippen LogP contribution is -2.48. The molecule has 16 heavy (non-hydrogen) atoms. The second-order valence-electron chi connectivity index (χ2n) is 4.87. The maximum Gasteiger partial charge on any atom is 0.133 e. The van der Waals surface area contributed by atoms with Crippen molar-refractivity contribution >= 4 is 5.82 Å². The van der Waals surface area contributed by atoms with Crippen molar-refractivity contribution in [3.63, 3.8) is 0 Å². The molecule has 0 atom stereocenters. The minimum atomic E-state index is -0.136. The minimum Gasteiger partial charge on any atom is -0.394 e. The number of nitrogens with zero attached hydrogens (tertiary/aromatic N) is 2. The van der Waals surface area contributed by atoms with Gasteiger partial charge >= 0.3 is 0 Å². The summed E-state index contributed by atoms with van der Waals surface area (Å²) in [7, 11) is 0. The van der Waals surface area contributed by atoms with Crippen molar-refractivity contribution in [3.8, 4) is 0 Å². The maximum absolute atomic E-state index is 9.37. The molecule has 1 aromatic rings. The highest BCUT2D eigenvalue weighted by molar-refractivity contribution is 5.38. The Kier molecular flexibility index (Phi) is 3.10. The van der Waals surface area contributed by atoms with E-state index >= 15 is 0 Å². The smallest absolute Gasteiger partial charge is 0.133 e. The van der Waals surface area contributed by atoms with Gasteiger partial charge in [-0.3, -0.25) is 0 Å². The fourth-order valence-corrected chi connectivity index (χ4v) is 1.92. The van der Waals surface area contributed by atoms with Crippen molar-refractivity contribution in [2.75, 3.05) is 11.9 Å². The zero-order valence-corrected chi connectivity index (χ0v) is 9.90. The first kappa shape index (κ1) is 11.3. The van der Waals surface area contributed by atoms with Crippen LogP contribution in [-0.2, 0) is 0 Å². The van der Waals surface area contributed by atoms with Gasteiger partial charge in [0, 0.05) is 12.1 Å². The molecule has 1 fully saturated rings. The molecule has 4 heteroatoms. The van der Waals surface area contributed by atoms with E-state index in [2.05, 4.69) is 29.1 Å². The van der Waals surface area contributed by atoms with Crippen LogP contribution < -0.4 is 5.32 Å². The Balaban J connectivity index is 2.12. The van der Waals surface area contributed by atoms with Crippen molar-refractivity contribution in [3.05, 3.63) is 18.1 Å². The van der Waals surface area contributed by atoms with Gasteiger partial charge in [0.2, 0.25) is 0 Å². The monoisotopic (exact) mass is 221 g/mol. The van der Waals surface area contributed by atoms with Crippen LogP contribution in [0.3, 0.4) is 0 Å². The Morgan fingerprint density at radius 1 is 1.50 bits per heavy atom. The number of anilines is 1. The van der Waals surface area contributed by atoms with E-state index in [1.807, 2.05) is 6.07 Å². The molecular formula is C12H19N3O.